The van der Waals surface area contributed by atoms with Crippen LogP contribution in [0.15, 0.2) is 6.07 Å². The van der Waals surface area contributed by atoms with Gasteiger partial charge >= 0.3 is 0 Å². The van der Waals surface area contributed by atoms with Crippen LogP contribution in [0.4, 0.5) is 5.82 Å². The van der Waals surface area contributed by atoms with Crippen LogP contribution >= 0.6 is 0 Å². The smallest absolute Gasteiger partial charge is 0.218 e. The lowest BCUT2D eigenvalue weighted by Gasteiger charge is -2.31. The number of hydrogen-bond donors (Lipinski definition) is 2. The molecule has 0 aliphatic heterocycles. The van der Waals surface area contributed by atoms with Crippen molar-refractivity contribution in [1.82, 2.24) is 14.9 Å². The standard InChI is InChI=1S/C13H25N5O/c1-6-7-10-15-11(17-14)8-12(16-10)19-9-13(2,3)18(4)5/h8H,6-7,9,14H2,1-5H3,(H,15,16,17). The minimum absolute atomic E-state index is 0.0633. The number of nitrogens with one attached hydrogen (secondary N) is 1. The highest BCUT2D eigenvalue weighted by Crippen LogP contribution is 2.17. The summed E-state index contributed by atoms with van der Waals surface area (Å²) in [6, 6.07) is 1.71. The highest BCUT2D eigenvalue weighted by molar-refractivity contribution is 5.37. The first-order valence-corrected chi connectivity index (χ1v) is 6.54. The number of aromatic nitrogens is 2. The summed E-state index contributed by atoms with van der Waals surface area (Å²) in [5, 5.41) is 0. The van der Waals surface area contributed by atoms with Crippen LogP contribution in [0.5, 0.6) is 5.88 Å². The first-order valence-electron chi connectivity index (χ1n) is 6.54. The summed E-state index contributed by atoms with van der Waals surface area (Å²) in [5.41, 5.74) is 2.48. The van der Waals surface area contributed by atoms with Gasteiger partial charge in [0.25, 0.3) is 0 Å². The normalized spacial score (nSPS) is 11.7. The molecule has 0 unspecified atom stereocenters. The van der Waals surface area contributed by atoms with Crippen molar-refractivity contribution in [3.63, 3.8) is 0 Å². The molecule has 0 aliphatic rings. The predicted octanol–water partition coefficient (Wildman–Crippen LogP) is 1.43. The fourth-order valence-electron chi connectivity index (χ4n) is 1.34. The zero-order chi connectivity index (χ0) is 14.5. The summed E-state index contributed by atoms with van der Waals surface area (Å²) < 4.78 is 5.77. The van der Waals surface area contributed by atoms with E-state index in [1.54, 1.807) is 6.07 Å². The molecule has 0 saturated heterocycles. The van der Waals surface area contributed by atoms with Crippen molar-refractivity contribution in [2.45, 2.75) is 39.2 Å². The van der Waals surface area contributed by atoms with Crippen LogP contribution in [0.2, 0.25) is 0 Å². The second-order valence-electron chi connectivity index (χ2n) is 5.40. The molecule has 0 aromatic carbocycles. The van der Waals surface area contributed by atoms with Gasteiger partial charge in [0.05, 0.1) is 0 Å². The van der Waals surface area contributed by atoms with Gasteiger partial charge in [0, 0.05) is 18.0 Å². The second-order valence-corrected chi connectivity index (χ2v) is 5.40. The molecule has 0 aliphatic carbocycles. The number of anilines is 1. The molecule has 1 rings (SSSR count). The van der Waals surface area contributed by atoms with Gasteiger partial charge in [-0.05, 0) is 34.4 Å². The molecule has 6 heteroatoms. The van der Waals surface area contributed by atoms with E-state index in [1.807, 2.05) is 14.1 Å². The molecule has 108 valence electrons. The monoisotopic (exact) mass is 267 g/mol. The van der Waals surface area contributed by atoms with Crippen molar-refractivity contribution in [2.75, 3.05) is 26.1 Å². The molecule has 3 N–H and O–H groups in total. The summed E-state index contributed by atoms with van der Waals surface area (Å²) in [6.07, 6.45) is 1.79. The quantitative estimate of drug-likeness (QED) is 0.575. The fourth-order valence-corrected chi connectivity index (χ4v) is 1.34. The number of hydrogen-bond acceptors (Lipinski definition) is 6. The lowest BCUT2D eigenvalue weighted by Crippen LogP contribution is -2.43. The van der Waals surface area contributed by atoms with Crippen LogP contribution in [-0.2, 0) is 6.42 Å². The molecule has 1 aromatic heterocycles. The molecule has 1 heterocycles. The van der Waals surface area contributed by atoms with Gasteiger partial charge in [0.2, 0.25) is 5.88 Å². The maximum atomic E-state index is 5.77. The molecule has 0 atom stereocenters. The average Bonchev–Trinajstić information content (AvgIpc) is 2.36. The van der Waals surface area contributed by atoms with E-state index in [0.29, 0.717) is 18.3 Å². The van der Waals surface area contributed by atoms with Crippen LogP contribution in [0.3, 0.4) is 0 Å². The van der Waals surface area contributed by atoms with Gasteiger partial charge in [-0.3, -0.25) is 0 Å². The Morgan fingerprint density at radius 2 is 2.05 bits per heavy atom. The summed E-state index contributed by atoms with van der Waals surface area (Å²) in [6.45, 7) is 6.86. The van der Waals surface area contributed by atoms with Crippen molar-refractivity contribution < 1.29 is 4.74 Å². The molecule has 0 spiro atoms. The summed E-state index contributed by atoms with van der Waals surface area (Å²) in [7, 11) is 4.05. The van der Waals surface area contributed by atoms with E-state index in [9.17, 15) is 0 Å². The molecule has 0 saturated carbocycles. The summed E-state index contributed by atoms with van der Waals surface area (Å²) in [4.78, 5) is 10.8. The van der Waals surface area contributed by atoms with Crippen LogP contribution in [0.1, 0.15) is 33.0 Å². The number of nitrogens with two attached hydrogens (primary N) is 1. The Labute approximate surface area is 115 Å². The first kappa shape index (κ1) is 15.7. The zero-order valence-electron chi connectivity index (χ0n) is 12.5. The Balaban J connectivity index is 2.80. The molecule has 1 aromatic rings. The third kappa shape index (κ3) is 4.65. The van der Waals surface area contributed by atoms with Crippen LogP contribution in [0, 0.1) is 0 Å². The van der Waals surface area contributed by atoms with E-state index in [2.05, 4.69) is 41.1 Å². The minimum atomic E-state index is -0.0633. The predicted molar refractivity (Wildman–Crippen MR) is 77.1 cm³/mol. The lowest BCUT2D eigenvalue weighted by molar-refractivity contribution is 0.111. The first-order chi connectivity index (χ1) is 8.89. The molecular formula is C13H25N5O. The number of nitrogen functional groups attached to an aromatic ring is 1. The molecule has 0 radical (unpaired) electrons. The van der Waals surface area contributed by atoms with Gasteiger partial charge in [-0.25, -0.2) is 10.8 Å². The van der Waals surface area contributed by atoms with Gasteiger partial charge in [-0.2, -0.15) is 4.98 Å². The van der Waals surface area contributed by atoms with Crippen LogP contribution in [-0.4, -0.2) is 41.1 Å². The second kappa shape index (κ2) is 6.68. The highest BCUT2D eigenvalue weighted by atomic mass is 16.5. The Morgan fingerprint density at radius 3 is 2.58 bits per heavy atom. The Hall–Kier alpha value is -1.40. The Bertz CT molecular complexity index is 406. The van der Waals surface area contributed by atoms with Crippen molar-refractivity contribution in [1.29, 1.82) is 0 Å². The van der Waals surface area contributed by atoms with E-state index in [4.69, 9.17) is 10.6 Å². The Kier molecular flexibility index (Phi) is 5.50. The Morgan fingerprint density at radius 1 is 1.37 bits per heavy atom. The van der Waals surface area contributed by atoms with Crippen LogP contribution < -0.4 is 16.0 Å². The molecule has 19 heavy (non-hydrogen) atoms. The van der Waals surface area contributed by atoms with Gasteiger partial charge in [0.1, 0.15) is 18.2 Å². The van der Waals surface area contributed by atoms with Crippen molar-refractivity contribution in [2.24, 2.45) is 5.84 Å². The highest BCUT2D eigenvalue weighted by Gasteiger charge is 2.21. The third-order valence-electron chi connectivity index (χ3n) is 3.15. The van der Waals surface area contributed by atoms with Gasteiger partial charge in [-0.1, -0.05) is 6.92 Å². The lowest BCUT2D eigenvalue weighted by atomic mass is 10.1. The molecule has 0 fully saturated rings. The fraction of sp³-hybridized carbons (Fsp3) is 0.692. The van der Waals surface area contributed by atoms with E-state index >= 15 is 0 Å². The molecule has 0 amide bonds. The van der Waals surface area contributed by atoms with E-state index in [0.717, 1.165) is 18.7 Å². The number of rotatable bonds is 7. The maximum absolute atomic E-state index is 5.77. The van der Waals surface area contributed by atoms with Crippen LogP contribution in [0.25, 0.3) is 0 Å². The molecular weight excluding hydrogens is 242 g/mol. The average molecular weight is 267 g/mol. The zero-order valence-corrected chi connectivity index (χ0v) is 12.5. The van der Waals surface area contributed by atoms with Crippen molar-refractivity contribution >= 4 is 5.82 Å². The number of aryl methyl sites for hydroxylation is 1. The van der Waals surface area contributed by atoms with E-state index in [-0.39, 0.29) is 5.54 Å². The number of ether oxygens (including phenoxy) is 1. The van der Waals surface area contributed by atoms with Gasteiger partial charge in [-0.15, -0.1) is 0 Å². The summed E-state index contributed by atoms with van der Waals surface area (Å²) >= 11 is 0. The maximum Gasteiger partial charge on any atom is 0.218 e. The summed E-state index contributed by atoms with van der Waals surface area (Å²) in [5.74, 6) is 7.29. The van der Waals surface area contributed by atoms with E-state index < -0.39 is 0 Å². The van der Waals surface area contributed by atoms with Gasteiger partial charge < -0.3 is 15.1 Å². The van der Waals surface area contributed by atoms with Gasteiger partial charge in [0.15, 0.2) is 0 Å². The minimum Gasteiger partial charge on any atom is -0.476 e. The largest absolute Gasteiger partial charge is 0.476 e. The van der Waals surface area contributed by atoms with Crippen molar-refractivity contribution in [3.8, 4) is 5.88 Å². The van der Waals surface area contributed by atoms with E-state index in [1.165, 1.54) is 0 Å². The molecule has 0 bridgehead atoms. The molecule has 6 nitrogen and oxygen atoms in total. The SMILES string of the molecule is CCCc1nc(NN)cc(OCC(C)(C)N(C)C)n1. The number of nitrogens with zero attached hydrogens (tertiary/aromatic N) is 3. The third-order valence-corrected chi connectivity index (χ3v) is 3.15. The number of likely N-dealkylation sites (N-methyl/N-ethyl adjacent to an activating group) is 1. The number of hydrazine groups is 1. The van der Waals surface area contributed by atoms with Crippen molar-refractivity contribution in [3.05, 3.63) is 11.9 Å². The topological polar surface area (TPSA) is 76.3 Å².